The molecule has 0 unspecified atom stereocenters. The van der Waals surface area contributed by atoms with Crippen LogP contribution in [0.3, 0.4) is 0 Å². The van der Waals surface area contributed by atoms with Crippen LogP contribution in [-0.2, 0) is 19.3 Å². The van der Waals surface area contributed by atoms with E-state index in [0.717, 1.165) is 74.8 Å². The number of pyridine rings is 2. The highest BCUT2D eigenvalue weighted by atomic mass is 16.5. The molecule has 2 N–H and O–H groups in total. The molecule has 0 amide bonds. The number of aromatic nitrogens is 2. The minimum Gasteiger partial charge on any atom is -0.493 e. The number of hydrogen-bond donors (Lipinski definition) is 2. The second kappa shape index (κ2) is 11.7. The SMILES string of the molecule is CC(C)(O)CCc1ccccc1.Cc1ccc2c(-c3ccc4c5c(ccnc35)CCO4)c(CCO)c(C)cc2n1. The van der Waals surface area contributed by atoms with E-state index in [2.05, 4.69) is 49.4 Å². The monoisotopic (exact) mass is 534 g/mol. The van der Waals surface area contributed by atoms with Crippen molar-refractivity contribution < 1.29 is 14.9 Å². The Morgan fingerprint density at radius 2 is 1.75 bits per heavy atom. The summed E-state index contributed by atoms with van der Waals surface area (Å²) in [4.78, 5) is 9.51. The molecule has 0 radical (unpaired) electrons. The Bertz CT molecular complexity index is 1630. The number of benzene rings is 3. The van der Waals surface area contributed by atoms with Crippen molar-refractivity contribution in [1.29, 1.82) is 0 Å². The number of hydrogen-bond acceptors (Lipinski definition) is 5. The van der Waals surface area contributed by atoms with Crippen molar-refractivity contribution in [3.05, 3.63) is 101 Å². The van der Waals surface area contributed by atoms with Crippen LogP contribution >= 0.6 is 0 Å². The molecule has 0 saturated carbocycles. The van der Waals surface area contributed by atoms with Crippen LogP contribution in [0, 0.1) is 13.8 Å². The summed E-state index contributed by atoms with van der Waals surface area (Å²) >= 11 is 0. The third kappa shape index (κ3) is 6.01. The summed E-state index contributed by atoms with van der Waals surface area (Å²) in [5.41, 5.74) is 9.46. The Kier molecular flexibility index (Phi) is 8.15. The fourth-order valence-electron chi connectivity index (χ4n) is 5.49. The summed E-state index contributed by atoms with van der Waals surface area (Å²) in [5.74, 6) is 0.905. The largest absolute Gasteiger partial charge is 0.493 e. The van der Waals surface area contributed by atoms with Crippen LogP contribution in [0.2, 0.25) is 0 Å². The zero-order chi connectivity index (χ0) is 28.3. The highest BCUT2D eigenvalue weighted by Gasteiger charge is 2.21. The molecule has 5 nitrogen and oxygen atoms in total. The van der Waals surface area contributed by atoms with Crippen molar-refractivity contribution in [2.24, 2.45) is 0 Å². The van der Waals surface area contributed by atoms with Crippen LogP contribution in [0.1, 0.15) is 48.2 Å². The van der Waals surface area contributed by atoms with Crippen LogP contribution in [0.15, 0.2) is 72.9 Å². The van der Waals surface area contributed by atoms with Gasteiger partial charge in [0.2, 0.25) is 0 Å². The second-order valence-corrected chi connectivity index (χ2v) is 11.2. The van der Waals surface area contributed by atoms with Gasteiger partial charge in [-0.05, 0) is 105 Å². The molecule has 2 aromatic heterocycles. The molecule has 40 heavy (non-hydrogen) atoms. The molecule has 3 aromatic carbocycles. The van der Waals surface area contributed by atoms with Crippen LogP contribution < -0.4 is 4.74 Å². The Morgan fingerprint density at radius 1 is 0.950 bits per heavy atom. The lowest BCUT2D eigenvalue weighted by atomic mass is 9.88. The topological polar surface area (TPSA) is 75.5 Å². The van der Waals surface area contributed by atoms with Gasteiger partial charge in [-0.3, -0.25) is 9.97 Å². The molecular formula is C35H38N2O3. The lowest BCUT2D eigenvalue weighted by Crippen LogP contribution is -2.19. The number of nitrogens with zero attached hydrogens (tertiary/aromatic N) is 2. The van der Waals surface area contributed by atoms with Crippen LogP contribution in [0.25, 0.3) is 32.9 Å². The molecule has 0 saturated heterocycles. The zero-order valence-electron chi connectivity index (χ0n) is 23.9. The summed E-state index contributed by atoms with van der Waals surface area (Å²) in [6.45, 7) is 8.61. The van der Waals surface area contributed by atoms with Gasteiger partial charge in [0.15, 0.2) is 0 Å². The number of aliphatic hydroxyl groups is 2. The minimum absolute atomic E-state index is 0.108. The predicted octanol–water partition coefficient (Wildman–Crippen LogP) is 6.93. The fraction of sp³-hybridized carbons (Fsp3) is 0.314. The van der Waals surface area contributed by atoms with Gasteiger partial charge in [0.1, 0.15) is 5.75 Å². The molecule has 5 heteroatoms. The van der Waals surface area contributed by atoms with Gasteiger partial charge < -0.3 is 14.9 Å². The lowest BCUT2D eigenvalue weighted by molar-refractivity contribution is 0.0714. The van der Waals surface area contributed by atoms with Gasteiger partial charge in [-0.15, -0.1) is 0 Å². The molecule has 5 aromatic rings. The van der Waals surface area contributed by atoms with Gasteiger partial charge >= 0.3 is 0 Å². The van der Waals surface area contributed by atoms with E-state index in [0.29, 0.717) is 13.0 Å². The molecule has 0 spiro atoms. The molecular weight excluding hydrogens is 496 g/mol. The van der Waals surface area contributed by atoms with Gasteiger partial charge in [-0.25, -0.2) is 0 Å². The van der Waals surface area contributed by atoms with Crippen molar-refractivity contribution in [3.8, 4) is 16.9 Å². The predicted molar refractivity (Wildman–Crippen MR) is 163 cm³/mol. The number of fused-ring (bicyclic) bond motifs is 1. The van der Waals surface area contributed by atoms with Crippen molar-refractivity contribution in [1.82, 2.24) is 9.97 Å². The summed E-state index contributed by atoms with van der Waals surface area (Å²) < 4.78 is 5.90. The molecule has 6 rings (SSSR count). The first-order valence-electron chi connectivity index (χ1n) is 14.1. The first-order chi connectivity index (χ1) is 19.2. The number of aryl methyl sites for hydroxylation is 3. The molecule has 0 bridgehead atoms. The van der Waals surface area contributed by atoms with Crippen molar-refractivity contribution in [2.45, 2.75) is 59.0 Å². The van der Waals surface area contributed by atoms with E-state index in [-0.39, 0.29) is 6.61 Å². The molecule has 0 atom stereocenters. The maximum absolute atomic E-state index is 9.73. The Balaban J connectivity index is 0.000000227. The average Bonchev–Trinajstić information content (AvgIpc) is 2.94. The van der Waals surface area contributed by atoms with Crippen LogP contribution in [0.4, 0.5) is 0 Å². The number of ether oxygens (including phenoxy) is 1. The number of rotatable bonds is 6. The molecule has 0 fully saturated rings. The number of aliphatic hydroxyl groups excluding tert-OH is 1. The van der Waals surface area contributed by atoms with Crippen molar-refractivity contribution in [2.75, 3.05) is 13.2 Å². The van der Waals surface area contributed by atoms with E-state index < -0.39 is 5.60 Å². The summed E-state index contributed by atoms with van der Waals surface area (Å²) in [5, 5.41) is 21.4. The highest BCUT2D eigenvalue weighted by Crippen LogP contribution is 2.42. The van der Waals surface area contributed by atoms with Crippen LogP contribution in [0.5, 0.6) is 5.75 Å². The summed E-state index contributed by atoms with van der Waals surface area (Å²) in [6.07, 6.45) is 5.16. The lowest BCUT2D eigenvalue weighted by Gasteiger charge is -2.21. The third-order valence-corrected chi connectivity index (χ3v) is 7.53. The van der Waals surface area contributed by atoms with Gasteiger partial charge in [0.05, 0.1) is 23.2 Å². The standard InChI is InChI=1S/C24H22N2O2.C11H16O/c1-14-13-20-18(4-3-15(2)26-20)23(17(14)8-11-27)19-5-6-21-22-16(9-12-28-21)7-10-25-24(19)22;1-11(2,12)9-8-10-6-4-3-5-7-10/h3-7,10,13,27H,8-9,11-12H2,1-2H3;3-7,12H,8-9H2,1-2H3. The van der Waals surface area contributed by atoms with Crippen molar-refractivity contribution in [3.63, 3.8) is 0 Å². The third-order valence-electron chi connectivity index (χ3n) is 7.53. The van der Waals surface area contributed by atoms with Gasteiger partial charge in [0.25, 0.3) is 0 Å². The molecule has 1 aliphatic heterocycles. The summed E-state index contributed by atoms with van der Waals surface area (Å²) in [6, 6.07) is 22.8. The van der Waals surface area contributed by atoms with E-state index in [1.54, 1.807) is 0 Å². The maximum Gasteiger partial charge on any atom is 0.129 e. The second-order valence-electron chi connectivity index (χ2n) is 11.2. The van der Waals surface area contributed by atoms with E-state index in [1.165, 1.54) is 11.1 Å². The first-order valence-corrected chi connectivity index (χ1v) is 14.1. The molecule has 0 aliphatic carbocycles. The first kappa shape index (κ1) is 27.8. The van der Waals surface area contributed by atoms with Crippen molar-refractivity contribution >= 4 is 21.8 Å². The molecule has 3 heterocycles. The fourth-order valence-corrected chi connectivity index (χ4v) is 5.49. The van der Waals surface area contributed by atoms with E-state index in [4.69, 9.17) is 14.7 Å². The van der Waals surface area contributed by atoms with E-state index in [9.17, 15) is 10.2 Å². The Hall–Kier alpha value is -3.80. The van der Waals surface area contributed by atoms with Gasteiger partial charge in [-0.1, -0.05) is 36.4 Å². The normalized spacial score (nSPS) is 12.7. The molecule has 1 aliphatic rings. The van der Waals surface area contributed by atoms with Crippen LogP contribution in [-0.4, -0.2) is 39.0 Å². The smallest absolute Gasteiger partial charge is 0.129 e. The average molecular weight is 535 g/mol. The maximum atomic E-state index is 9.73. The van der Waals surface area contributed by atoms with E-state index in [1.807, 2.05) is 51.2 Å². The molecule has 206 valence electrons. The minimum atomic E-state index is -0.546. The Morgan fingerprint density at radius 3 is 2.50 bits per heavy atom. The van der Waals surface area contributed by atoms with Gasteiger partial charge in [0, 0.05) is 41.3 Å². The Labute approximate surface area is 236 Å². The zero-order valence-corrected chi connectivity index (χ0v) is 23.9. The quantitative estimate of drug-likeness (QED) is 0.247. The van der Waals surface area contributed by atoms with Gasteiger partial charge in [-0.2, -0.15) is 0 Å². The van der Waals surface area contributed by atoms with E-state index >= 15 is 0 Å². The summed E-state index contributed by atoms with van der Waals surface area (Å²) in [7, 11) is 0. The highest BCUT2D eigenvalue weighted by molar-refractivity contribution is 6.07.